The summed E-state index contributed by atoms with van der Waals surface area (Å²) in [6, 6.07) is 15.0. The molecule has 2 aromatic carbocycles. The van der Waals surface area contributed by atoms with Gasteiger partial charge in [0.1, 0.15) is 0 Å². The molecule has 0 atom stereocenters. The summed E-state index contributed by atoms with van der Waals surface area (Å²) in [6.45, 7) is 1.15. The minimum absolute atomic E-state index is 0.442. The Morgan fingerprint density at radius 2 is 1.70 bits per heavy atom. The predicted octanol–water partition coefficient (Wildman–Crippen LogP) is 3.12. The summed E-state index contributed by atoms with van der Waals surface area (Å²) in [4.78, 5) is 10.6. The first kappa shape index (κ1) is 14.2. The largest absolute Gasteiger partial charge is 0.381 e. The van der Waals surface area contributed by atoms with Crippen LogP contribution in [0.2, 0.25) is 5.02 Å². The lowest BCUT2D eigenvalue weighted by molar-refractivity contribution is 0.248. The molecule has 0 saturated heterocycles. The molecule has 0 saturated carbocycles. The van der Waals surface area contributed by atoms with E-state index in [1.807, 2.05) is 48.5 Å². The Kier molecular flexibility index (Phi) is 4.85. The highest BCUT2D eigenvalue weighted by Crippen LogP contribution is 2.16. The quantitative estimate of drug-likeness (QED) is 0.792. The van der Waals surface area contributed by atoms with Gasteiger partial charge in [-0.05, 0) is 29.3 Å². The number of nitrogens with two attached hydrogens (primary N) is 1. The summed E-state index contributed by atoms with van der Waals surface area (Å²) < 4.78 is 0. The maximum absolute atomic E-state index is 10.6. The lowest BCUT2D eigenvalue weighted by Gasteiger charge is -2.08. The molecule has 0 aromatic heterocycles. The Balaban J connectivity index is 1.89. The standard InChI is InChI=1S/C15H16ClN3O/c16-13-2-1-3-14(8-13)18-9-11-4-6-12(7-5-11)10-19-15(17)20/h1-8,18H,9-10H2,(H3,17,19,20). The van der Waals surface area contributed by atoms with Crippen LogP contribution >= 0.6 is 11.6 Å². The van der Waals surface area contributed by atoms with E-state index in [9.17, 15) is 4.79 Å². The molecule has 0 aliphatic carbocycles. The number of amides is 2. The van der Waals surface area contributed by atoms with Crippen LogP contribution in [0.1, 0.15) is 11.1 Å². The van der Waals surface area contributed by atoms with E-state index < -0.39 is 6.03 Å². The van der Waals surface area contributed by atoms with Crippen LogP contribution in [-0.2, 0) is 13.1 Å². The van der Waals surface area contributed by atoms with Crippen molar-refractivity contribution >= 4 is 23.3 Å². The second-order valence-electron chi connectivity index (χ2n) is 4.40. The summed E-state index contributed by atoms with van der Waals surface area (Å²) in [5.41, 5.74) is 8.16. The molecule has 4 N–H and O–H groups in total. The molecule has 5 heteroatoms. The number of carbonyl (C=O) groups is 1. The van der Waals surface area contributed by atoms with Gasteiger partial charge in [-0.3, -0.25) is 0 Å². The van der Waals surface area contributed by atoms with Gasteiger partial charge in [-0.2, -0.15) is 0 Å². The zero-order valence-electron chi connectivity index (χ0n) is 10.9. The molecule has 0 heterocycles. The minimum Gasteiger partial charge on any atom is -0.381 e. The molecule has 2 aromatic rings. The molecule has 0 unspecified atom stereocenters. The normalized spacial score (nSPS) is 10.1. The monoisotopic (exact) mass is 289 g/mol. The molecule has 20 heavy (non-hydrogen) atoms. The van der Waals surface area contributed by atoms with Crippen molar-refractivity contribution in [2.75, 3.05) is 5.32 Å². The van der Waals surface area contributed by atoms with Crippen LogP contribution in [0.5, 0.6) is 0 Å². The van der Waals surface area contributed by atoms with Gasteiger partial charge in [0.15, 0.2) is 0 Å². The van der Waals surface area contributed by atoms with Crippen LogP contribution in [0.25, 0.3) is 0 Å². The van der Waals surface area contributed by atoms with Crippen molar-refractivity contribution in [1.29, 1.82) is 0 Å². The Hall–Kier alpha value is -2.20. The molecule has 0 radical (unpaired) electrons. The van der Waals surface area contributed by atoms with Crippen LogP contribution in [0, 0.1) is 0 Å². The van der Waals surface area contributed by atoms with Gasteiger partial charge in [-0.15, -0.1) is 0 Å². The van der Waals surface area contributed by atoms with Crippen molar-refractivity contribution in [2.24, 2.45) is 5.73 Å². The number of nitrogens with one attached hydrogen (secondary N) is 2. The van der Waals surface area contributed by atoms with E-state index in [-0.39, 0.29) is 0 Å². The van der Waals surface area contributed by atoms with Crippen LogP contribution in [0.4, 0.5) is 10.5 Å². The van der Waals surface area contributed by atoms with Gasteiger partial charge < -0.3 is 16.4 Å². The van der Waals surface area contributed by atoms with Crippen molar-refractivity contribution in [3.05, 3.63) is 64.7 Å². The van der Waals surface area contributed by atoms with Gasteiger partial charge in [0, 0.05) is 23.8 Å². The molecular weight excluding hydrogens is 274 g/mol. The number of benzene rings is 2. The van der Waals surface area contributed by atoms with E-state index in [2.05, 4.69) is 10.6 Å². The first-order valence-electron chi connectivity index (χ1n) is 6.24. The Morgan fingerprint density at radius 1 is 1.05 bits per heavy atom. The summed E-state index contributed by atoms with van der Waals surface area (Å²) in [5.74, 6) is 0. The average molecular weight is 290 g/mol. The summed E-state index contributed by atoms with van der Waals surface area (Å²) in [5, 5.41) is 6.56. The van der Waals surface area contributed by atoms with Crippen molar-refractivity contribution < 1.29 is 4.79 Å². The number of hydrogen-bond donors (Lipinski definition) is 3. The van der Waals surface area contributed by atoms with E-state index in [1.54, 1.807) is 0 Å². The van der Waals surface area contributed by atoms with E-state index in [0.29, 0.717) is 18.1 Å². The molecule has 0 aliphatic rings. The third-order valence-electron chi connectivity index (χ3n) is 2.81. The van der Waals surface area contributed by atoms with Gasteiger partial charge in [-0.25, -0.2) is 4.79 Å². The fourth-order valence-electron chi connectivity index (χ4n) is 1.77. The number of carbonyl (C=O) groups excluding carboxylic acids is 1. The molecule has 0 fully saturated rings. The van der Waals surface area contributed by atoms with Gasteiger partial charge in [0.05, 0.1) is 0 Å². The molecule has 4 nitrogen and oxygen atoms in total. The predicted molar refractivity (Wildman–Crippen MR) is 81.6 cm³/mol. The number of primary amides is 1. The molecule has 2 rings (SSSR count). The number of urea groups is 1. The third kappa shape index (κ3) is 4.48. The molecule has 2 amide bonds. The van der Waals surface area contributed by atoms with Gasteiger partial charge in [0.2, 0.25) is 0 Å². The highest BCUT2D eigenvalue weighted by Gasteiger charge is 1.98. The second kappa shape index (κ2) is 6.82. The number of hydrogen-bond acceptors (Lipinski definition) is 2. The summed E-state index contributed by atoms with van der Waals surface area (Å²) in [6.07, 6.45) is 0. The molecular formula is C15H16ClN3O. The first-order chi connectivity index (χ1) is 9.63. The smallest absolute Gasteiger partial charge is 0.312 e. The lowest BCUT2D eigenvalue weighted by atomic mass is 10.1. The number of anilines is 1. The van der Waals surface area contributed by atoms with Gasteiger partial charge in [0.25, 0.3) is 0 Å². The maximum atomic E-state index is 10.6. The molecule has 104 valence electrons. The van der Waals surface area contributed by atoms with Crippen LogP contribution in [0.3, 0.4) is 0 Å². The van der Waals surface area contributed by atoms with Crippen molar-refractivity contribution in [3.63, 3.8) is 0 Å². The van der Waals surface area contributed by atoms with E-state index >= 15 is 0 Å². The highest BCUT2D eigenvalue weighted by molar-refractivity contribution is 6.30. The summed E-state index contributed by atoms with van der Waals surface area (Å²) in [7, 11) is 0. The third-order valence-corrected chi connectivity index (χ3v) is 3.05. The zero-order chi connectivity index (χ0) is 14.4. The van der Waals surface area contributed by atoms with Crippen LogP contribution < -0.4 is 16.4 Å². The maximum Gasteiger partial charge on any atom is 0.312 e. The SMILES string of the molecule is NC(=O)NCc1ccc(CNc2cccc(Cl)c2)cc1. The van der Waals surface area contributed by atoms with E-state index in [4.69, 9.17) is 17.3 Å². The lowest BCUT2D eigenvalue weighted by Crippen LogP contribution is -2.28. The highest BCUT2D eigenvalue weighted by atomic mass is 35.5. The number of rotatable bonds is 5. The fraction of sp³-hybridized carbons (Fsp3) is 0.133. The molecule has 0 bridgehead atoms. The van der Waals surface area contributed by atoms with E-state index in [0.717, 1.165) is 16.8 Å². The van der Waals surface area contributed by atoms with E-state index in [1.165, 1.54) is 0 Å². The van der Waals surface area contributed by atoms with Crippen molar-refractivity contribution in [2.45, 2.75) is 13.1 Å². The Bertz CT molecular complexity index is 584. The average Bonchev–Trinajstić information content (AvgIpc) is 2.44. The van der Waals surface area contributed by atoms with Crippen molar-refractivity contribution in [3.8, 4) is 0 Å². The van der Waals surface area contributed by atoms with Crippen LogP contribution in [0.15, 0.2) is 48.5 Å². The fourth-order valence-corrected chi connectivity index (χ4v) is 1.96. The van der Waals surface area contributed by atoms with Crippen LogP contribution in [-0.4, -0.2) is 6.03 Å². The van der Waals surface area contributed by atoms with Gasteiger partial charge in [-0.1, -0.05) is 41.9 Å². The Labute approximate surface area is 122 Å². The van der Waals surface area contributed by atoms with Gasteiger partial charge >= 0.3 is 6.03 Å². The minimum atomic E-state index is -0.517. The topological polar surface area (TPSA) is 67.2 Å². The first-order valence-corrected chi connectivity index (χ1v) is 6.62. The molecule has 0 spiro atoms. The molecule has 0 aliphatic heterocycles. The van der Waals surface area contributed by atoms with Crippen molar-refractivity contribution in [1.82, 2.24) is 5.32 Å². The zero-order valence-corrected chi connectivity index (χ0v) is 11.7. The number of halogens is 1. The second-order valence-corrected chi connectivity index (χ2v) is 4.83. The summed E-state index contributed by atoms with van der Waals surface area (Å²) >= 11 is 5.92. The Morgan fingerprint density at radius 3 is 2.30 bits per heavy atom.